The lowest BCUT2D eigenvalue weighted by Gasteiger charge is -1.97. The number of alkyl halides is 1. The van der Waals surface area contributed by atoms with E-state index in [4.69, 9.17) is 0 Å². The summed E-state index contributed by atoms with van der Waals surface area (Å²) >= 11 is 0. The van der Waals surface area contributed by atoms with Gasteiger partial charge in [-0.2, -0.15) is 0 Å². The number of carbonyl (C=O) groups excluding carboxylic acids is 1. The molecule has 0 aliphatic carbocycles. The van der Waals surface area contributed by atoms with Gasteiger partial charge in [-0.3, -0.25) is 4.79 Å². The minimum absolute atomic E-state index is 0. The van der Waals surface area contributed by atoms with Crippen molar-refractivity contribution in [2.45, 2.75) is 19.0 Å². The molecule has 0 aromatic rings. The zero-order valence-corrected chi connectivity index (χ0v) is 6.42. The minimum atomic E-state index is -1.21. The summed E-state index contributed by atoms with van der Waals surface area (Å²) in [5.41, 5.74) is 0. The van der Waals surface area contributed by atoms with Crippen molar-refractivity contribution < 1.29 is 9.18 Å². The van der Waals surface area contributed by atoms with Gasteiger partial charge in [-0.25, -0.2) is 4.39 Å². The molecule has 1 saturated heterocycles. The minimum Gasteiger partial charge on any atom is -0.316 e. The summed E-state index contributed by atoms with van der Waals surface area (Å²) in [4.78, 5) is 10.6. The van der Waals surface area contributed by atoms with Gasteiger partial charge in [-0.1, -0.05) is 0 Å². The number of ketones is 1. The third kappa shape index (κ3) is 2.62. The van der Waals surface area contributed by atoms with E-state index in [1.807, 2.05) is 0 Å². The van der Waals surface area contributed by atoms with E-state index >= 15 is 0 Å². The normalized spacial score (nSPS) is 26.9. The standard InChI is InChI=1S/C6H10FNO.ClH/c7-5-1-3-8-4-2-6(5)9;/h5,8H,1-4H2;1H/t5-;/m0./s1. The summed E-state index contributed by atoms with van der Waals surface area (Å²) in [6.07, 6.45) is -0.514. The molecule has 1 heterocycles. The van der Waals surface area contributed by atoms with Crippen LogP contribution in [-0.4, -0.2) is 25.0 Å². The van der Waals surface area contributed by atoms with E-state index in [0.29, 0.717) is 25.9 Å². The molecule has 1 aliphatic heterocycles. The van der Waals surface area contributed by atoms with Gasteiger partial charge in [-0.05, 0) is 13.0 Å². The molecular formula is C6H11ClFNO. The van der Waals surface area contributed by atoms with Crippen molar-refractivity contribution in [1.29, 1.82) is 0 Å². The van der Waals surface area contributed by atoms with E-state index in [1.165, 1.54) is 0 Å². The maximum Gasteiger partial charge on any atom is 0.168 e. The highest BCUT2D eigenvalue weighted by molar-refractivity contribution is 5.85. The largest absolute Gasteiger partial charge is 0.316 e. The highest BCUT2D eigenvalue weighted by Crippen LogP contribution is 2.03. The fourth-order valence-electron chi connectivity index (χ4n) is 0.883. The zero-order valence-electron chi connectivity index (χ0n) is 5.60. The van der Waals surface area contributed by atoms with Crippen molar-refractivity contribution in [2.75, 3.05) is 13.1 Å². The first-order valence-corrected chi connectivity index (χ1v) is 3.18. The Morgan fingerprint density at radius 3 is 2.90 bits per heavy atom. The molecule has 1 aliphatic rings. The van der Waals surface area contributed by atoms with Crippen LogP contribution in [0, 0.1) is 0 Å². The fourth-order valence-corrected chi connectivity index (χ4v) is 0.883. The summed E-state index contributed by atoms with van der Waals surface area (Å²) in [5.74, 6) is -0.250. The molecule has 0 unspecified atom stereocenters. The van der Waals surface area contributed by atoms with E-state index in [2.05, 4.69) is 5.32 Å². The first kappa shape index (κ1) is 9.85. The maximum atomic E-state index is 12.4. The van der Waals surface area contributed by atoms with Gasteiger partial charge >= 0.3 is 0 Å². The molecule has 10 heavy (non-hydrogen) atoms. The average Bonchev–Trinajstić information content (AvgIpc) is 1.99. The topological polar surface area (TPSA) is 29.1 Å². The molecule has 0 amide bonds. The molecule has 0 aromatic carbocycles. The second-order valence-corrected chi connectivity index (χ2v) is 2.22. The maximum absolute atomic E-state index is 12.4. The van der Waals surface area contributed by atoms with E-state index in [9.17, 15) is 9.18 Å². The molecule has 1 fully saturated rings. The highest BCUT2D eigenvalue weighted by atomic mass is 35.5. The number of halogens is 2. The molecule has 1 atom stereocenters. The molecule has 1 rings (SSSR count). The molecule has 0 aromatic heterocycles. The Balaban J connectivity index is 0.000000810. The van der Waals surface area contributed by atoms with Gasteiger partial charge in [-0.15, -0.1) is 12.4 Å². The third-order valence-corrected chi connectivity index (χ3v) is 1.47. The highest BCUT2D eigenvalue weighted by Gasteiger charge is 2.18. The first-order chi connectivity index (χ1) is 4.30. The first-order valence-electron chi connectivity index (χ1n) is 3.18. The van der Waals surface area contributed by atoms with Crippen LogP contribution in [0.5, 0.6) is 0 Å². The summed E-state index contributed by atoms with van der Waals surface area (Å²) in [7, 11) is 0. The van der Waals surface area contributed by atoms with Crippen LogP contribution in [0.4, 0.5) is 4.39 Å². The van der Waals surface area contributed by atoms with Gasteiger partial charge in [0, 0.05) is 13.0 Å². The van der Waals surface area contributed by atoms with Crippen molar-refractivity contribution >= 4 is 18.2 Å². The summed E-state index contributed by atoms with van der Waals surface area (Å²) < 4.78 is 12.4. The van der Waals surface area contributed by atoms with Crippen molar-refractivity contribution in [3.05, 3.63) is 0 Å². The second-order valence-electron chi connectivity index (χ2n) is 2.22. The summed E-state index contributed by atoms with van der Waals surface area (Å²) in [5, 5.41) is 2.95. The zero-order chi connectivity index (χ0) is 6.69. The Hall–Kier alpha value is -0.150. The Bertz CT molecular complexity index is 120. The van der Waals surface area contributed by atoms with Crippen molar-refractivity contribution in [2.24, 2.45) is 0 Å². The van der Waals surface area contributed by atoms with E-state index in [1.54, 1.807) is 0 Å². The van der Waals surface area contributed by atoms with Gasteiger partial charge in [0.05, 0.1) is 0 Å². The fraction of sp³-hybridized carbons (Fsp3) is 0.833. The van der Waals surface area contributed by atoms with Crippen LogP contribution >= 0.6 is 12.4 Å². The monoisotopic (exact) mass is 167 g/mol. The SMILES string of the molecule is Cl.O=C1CCNCC[C@@H]1F. The Morgan fingerprint density at radius 1 is 1.50 bits per heavy atom. The molecule has 0 radical (unpaired) electrons. The predicted molar refractivity (Wildman–Crippen MR) is 39.3 cm³/mol. The van der Waals surface area contributed by atoms with Crippen LogP contribution in [-0.2, 0) is 4.79 Å². The van der Waals surface area contributed by atoms with Gasteiger partial charge in [0.25, 0.3) is 0 Å². The predicted octanol–water partition coefficient (Wildman–Crippen LogP) is 0.699. The second kappa shape index (κ2) is 4.63. The molecule has 0 saturated carbocycles. The molecule has 4 heteroatoms. The summed E-state index contributed by atoms with van der Waals surface area (Å²) in [6.45, 7) is 1.27. The van der Waals surface area contributed by atoms with Crippen LogP contribution in [0.3, 0.4) is 0 Å². The van der Waals surface area contributed by atoms with Crippen molar-refractivity contribution in [3.8, 4) is 0 Å². The lowest BCUT2D eigenvalue weighted by Crippen LogP contribution is -2.14. The molecular weight excluding hydrogens is 157 g/mol. The Morgan fingerprint density at radius 2 is 2.20 bits per heavy atom. The van der Waals surface area contributed by atoms with Crippen LogP contribution in [0.15, 0.2) is 0 Å². The number of hydrogen-bond acceptors (Lipinski definition) is 2. The molecule has 2 nitrogen and oxygen atoms in total. The Labute approximate surface area is 65.6 Å². The van der Waals surface area contributed by atoms with Crippen molar-refractivity contribution in [1.82, 2.24) is 5.32 Å². The number of hydrogen-bond donors (Lipinski definition) is 1. The third-order valence-electron chi connectivity index (χ3n) is 1.47. The quantitative estimate of drug-likeness (QED) is 0.576. The van der Waals surface area contributed by atoms with Crippen molar-refractivity contribution in [3.63, 3.8) is 0 Å². The van der Waals surface area contributed by atoms with Crippen LogP contribution in [0.25, 0.3) is 0 Å². The Kier molecular flexibility index (Phi) is 4.56. The number of rotatable bonds is 0. The van der Waals surface area contributed by atoms with E-state index < -0.39 is 6.17 Å². The van der Waals surface area contributed by atoms with E-state index in [0.717, 1.165) is 0 Å². The van der Waals surface area contributed by atoms with E-state index in [-0.39, 0.29) is 18.2 Å². The lowest BCUT2D eigenvalue weighted by molar-refractivity contribution is -0.123. The van der Waals surface area contributed by atoms with Crippen LogP contribution < -0.4 is 5.32 Å². The smallest absolute Gasteiger partial charge is 0.168 e. The van der Waals surface area contributed by atoms with Gasteiger partial charge in [0.2, 0.25) is 0 Å². The molecule has 60 valence electrons. The molecule has 0 spiro atoms. The van der Waals surface area contributed by atoms with Gasteiger partial charge in [0.15, 0.2) is 12.0 Å². The molecule has 1 N–H and O–H groups in total. The number of Topliss-reactive ketones (excluding diaryl/α,β-unsaturated/α-hetero) is 1. The molecule has 0 bridgehead atoms. The average molecular weight is 168 g/mol. The number of carbonyl (C=O) groups is 1. The number of nitrogens with one attached hydrogen (secondary N) is 1. The van der Waals surface area contributed by atoms with Gasteiger partial charge < -0.3 is 5.32 Å². The van der Waals surface area contributed by atoms with Crippen LogP contribution in [0.2, 0.25) is 0 Å². The lowest BCUT2D eigenvalue weighted by atomic mass is 10.2. The van der Waals surface area contributed by atoms with Crippen LogP contribution in [0.1, 0.15) is 12.8 Å². The summed E-state index contributed by atoms with van der Waals surface area (Å²) in [6, 6.07) is 0. The van der Waals surface area contributed by atoms with Gasteiger partial charge in [0.1, 0.15) is 0 Å².